The zero-order valence-electron chi connectivity index (χ0n) is 52.4. The fourth-order valence-corrected chi connectivity index (χ4v) is 10.3. The van der Waals surface area contributed by atoms with Gasteiger partial charge in [0.05, 0.1) is 18.9 Å². The van der Waals surface area contributed by atoms with E-state index >= 15 is 4.79 Å². The minimum Gasteiger partial charge on any atom is -0.508 e. The van der Waals surface area contributed by atoms with E-state index in [9.17, 15) is 73.2 Å². The van der Waals surface area contributed by atoms with E-state index in [1.165, 1.54) is 41.3 Å². The van der Waals surface area contributed by atoms with Crippen LogP contribution >= 0.6 is 0 Å². The van der Waals surface area contributed by atoms with E-state index in [1.807, 2.05) is 13.8 Å². The van der Waals surface area contributed by atoms with Crippen LogP contribution in [0.15, 0.2) is 109 Å². The van der Waals surface area contributed by atoms with Gasteiger partial charge in [-0.3, -0.25) is 52.7 Å². The van der Waals surface area contributed by atoms with E-state index in [0.29, 0.717) is 35.1 Å². The van der Waals surface area contributed by atoms with Crippen molar-refractivity contribution in [2.45, 2.75) is 159 Å². The molecule has 0 bridgehead atoms. The molecule has 0 unspecified atom stereocenters. The molecular weight excluding hydrogens is 1200 g/mol. The average Bonchev–Trinajstić information content (AvgIpc) is 1.86. The van der Waals surface area contributed by atoms with Crippen molar-refractivity contribution in [2.75, 3.05) is 13.1 Å². The van der Waals surface area contributed by atoms with Gasteiger partial charge < -0.3 is 85.1 Å². The number of phenols is 2. The van der Waals surface area contributed by atoms with Gasteiger partial charge in [0.15, 0.2) is 0 Å². The van der Waals surface area contributed by atoms with Gasteiger partial charge in [-0.1, -0.05) is 113 Å². The van der Waals surface area contributed by atoms with Crippen LogP contribution in [0.2, 0.25) is 0 Å². The van der Waals surface area contributed by atoms with Gasteiger partial charge in [0.1, 0.15) is 65.9 Å². The number of nitrogens with two attached hydrogens (primary N) is 3. The van der Waals surface area contributed by atoms with E-state index in [-0.39, 0.29) is 81.4 Å². The van der Waals surface area contributed by atoms with Crippen LogP contribution < -0.4 is 59.7 Å². The predicted octanol–water partition coefficient (Wildman–Crippen LogP) is -0.559. The van der Waals surface area contributed by atoms with Crippen LogP contribution in [0.4, 0.5) is 0 Å². The Hall–Kier alpha value is -9.96. The molecular formula is C65H86N12O16. The third-order valence-corrected chi connectivity index (χ3v) is 15.4. The molecule has 0 saturated carbocycles. The minimum atomic E-state index is -1.98. The molecule has 0 aromatic heterocycles. The Morgan fingerprint density at radius 1 is 0.495 bits per heavy atom. The fourth-order valence-electron chi connectivity index (χ4n) is 10.3. The monoisotopic (exact) mass is 1290 g/mol. The van der Waals surface area contributed by atoms with Crippen molar-refractivity contribution >= 4 is 71.0 Å². The molecule has 4 aromatic carbocycles. The second kappa shape index (κ2) is 36.2. The van der Waals surface area contributed by atoms with Crippen molar-refractivity contribution in [3.8, 4) is 11.5 Å². The number of nitrogens with zero attached hydrogens (tertiary/aromatic N) is 1. The molecule has 1 saturated heterocycles. The molecule has 0 spiro atoms. The Bertz CT molecular complexity index is 3230. The number of nitrogens with one attached hydrogen (secondary N) is 8. The van der Waals surface area contributed by atoms with Gasteiger partial charge in [0.2, 0.25) is 59.1 Å². The lowest BCUT2D eigenvalue weighted by molar-refractivity contribution is -0.144. The molecule has 18 N–H and O–H groups in total. The largest absolute Gasteiger partial charge is 0.508 e. The van der Waals surface area contributed by atoms with Crippen LogP contribution in [0, 0.1) is 11.8 Å². The summed E-state index contributed by atoms with van der Waals surface area (Å²) in [4.78, 5) is 167. The summed E-state index contributed by atoms with van der Waals surface area (Å²) in [6.45, 7) is 7.36. The molecule has 0 radical (unpaired) electrons. The van der Waals surface area contributed by atoms with Crippen molar-refractivity contribution in [1.29, 1.82) is 0 Å². The number of primary amides is 1. The number of phenolic OH excluding ortho intramolecular Hbond substituents is 2. The van der Waals surface area contributed by atoms with Gasteiger partial charge >= 0.3 is 11.9 Å². The molecule has 1 aliphatic rings. The first-order chi connectivity index (χ1) is 44.1. The first-order valence-electron chi connectivity index (χ1n) is 30.7. The number of likely N-dealkylation sites (tertiary alicyclic amines) is 1. The van der Waals surface area contributed by atoms with Gasteiger partial charge in [-0.2, -0.15) is 0 Å². The highest BCUT2D eigenvalue weighted by atomic mass is 16.4. The van der Waals surface area contributed by atoms with Gasteiger partial charge in [-0.15, -0.1) is 0 Å². The lowest BCUT2D eigenvalue weighted by Crippen LogP contribution is -2.61. The summed E-state index contributed by atoms with van der Waals surface area (Å²) in [5, 5.41) is 60.0. The smallest absolute Gasteiger partial charge is 0.326 e. The number of rotatable bonds is 36. The van der Waals surface area contributed by atoms with E-state index in [1.54, 1.807) is 86.6 Å². The SMILES string of the molecule is CC(C)C[C@H](NC(=O)[C@H](CCCN)NC(=O)[C@@H](N)C(C)C)C(=O)N[C@@H](Cc1ccc(O)cc1)C(=O)N1CCC[C@H]1C(=O)N[C@@H](Cc1ccccc1)C(=O)N[C@@H](Cc1ccccc1)C(=O)N[C@@H](CC(N)=O)C(=O)N[C@@H](CC(=O)O)C(=O)N[C@@H](Cc1ccc(O)cc1)C(=O)O. The van der Waals surface area contributed by atoms with E-state index in [0.717, 1.165) is 0 Å². The molecule has 1 heterocycles. The second-order valence-corrected chi connectivity index (χ2v) is 23.7. The number of hydrogen-bond acceptors (Lipinski definition) is 16. The molecule has 28 heteroatoms. The molecule has 10 amide bonds. The Balaban J connectivity index is 1.42. The highest BCUT2D eigenvalue weighted by Crippen LogP contribution is 2.22. The summed E-state index contributed by atoms with van der Waals surface area (Å²) in [6.07, 6.45) is -1.99. The van der Waals surface area contributed by atoms with Crippen LogP contribution in [0.5, 0.6) is 11.5 Å². The topological polar surface area (TPSA) is 463 Å². The van der Waals surface area contributed by atoms with E-state index < -0.39 is 144 Å². The molecule has 0 aliphatic carbocycles. The molecule has 4 aromatic rings. The third kappa shape index (κ3) is 24.0. The van der Waals surface area contributed by atoms with Crippen LogP contribution in [-0.4, -0.2) is 170 Å². The molecule has 1 aliphatic heterocycles. The van der Waals surface area contributed by atoms with Crippen molar-refractivity contribution in [3.63, 3.8) is 0 Å². The standard InChI is InChI=1S/C65H86N12O16/c1-36(2)29-45(70-56(83)44(17-11-27-66)69-63(90)55(68)37(3)4)57(84)75-50(32-40-19-23-42(78)24-20-40)64(91)77-28-12-18-52(77)62(89)74-47(31-39-15-9-6-10-16-39)59(86)71-46(30-38-13-7-5-8-14-38)58(85)72-48(34-53(67)80)60(87)73-49(35-54(81)82)61(88)76-51(65(92)93)33-41-21-25-43(79)26-22-41/h5-10,13-16,19-26,36-37,44-52,55,78-79H,11-12,17-18,27-35,66,68H2,1-4H3,(H2,67,80)(H,69,90)(H,70,83)(H,71,86)(H,72,85)(H,73,87)(H,74,89)(H,75,84)(H,76,88)(H,81,82)(H,92,93)/t44-,45-,46-,47-,48-,49-,50-,51-,52-,55-/m0/s1. The summed E-state index contributed by atoms with van der Waals surface area (Å²) in [7, 11) is 0. The third-order valence-electron chi connectivity index (χ3n) is 15.4. The Morgan fingerprint density at radius 2 is 0.892 bits per heavy atom. The number of benzene rings is 4. The molecule has 10 atom stereocenters. The average molecular weight is 1290 g/mol. The summed E-state index contributed by atoms with van der Waals surface area (Å²) < 4.78 is 0. The number of amides is 10. The number of carbonyl (C=O) groups is 12. The van der Waals surface area contributed by atoms with Crippen LogP contribution in [0.3, 0.4) is 0 Å². The van der Waals surface area contributed by atoms with E-state index in [2.05, 4.69) is 42.5 Å². The van der Waals surface area contributed by atoms with Crippen molar-refractivity contribution < 1.29 is 78.0 Å². The van der Waals surface area contributed by atoms with Crippen molar-refractivity contribution in [1.82, 2.24) is 47.4 Å². The van der Waals surface area contributed by atoms with Gasteiger partial charge in [0, 0.05) is 32.2 Å². The minimum absolute atomic E-state index is 0.0204. The van der Waals surface area contributed by atoms with Crippen LogP contribution in [0.1, 0.15) is 94.9 Å². The quantitative estimate of drug-likeness (QED) is 0.0271. The fraction of sp³-hybridized carbons (Fsp3) is 0.446. The molecule has 28 nitrogen and oxygen atoms in total. The van der Waals surface area contributed by atoms with Crippen molar-refractivity contribution in [3.05, 3.63) is 131 Å². The first-order valence-corrected chi connectivity index (χ1v) is 30.7. The zero-order valence-corrected chi connectivity index (χ0v) is 52.4. The Labute approximate surface area is 538 Å². The van der Waals surface area contributed by atoms with Crippen LogP contribution in [0.25, 0.3) is 0 Å². The molecule has 502 valence electrons. The maximum atomic E-state index is 15.1. The van der Waals surface area contributed by atoms with E-state index in [4.69, 9.17) is 17.2 Å². The zero-order chi connectivity index (χ0) is 68.5. The Kier molecular flexibility index (Phi) is 28.7. The number of aliphatic carboxylic acids is 2. The highest BCUT2D eigenvalue weighted by molar-refractivity contribution is 6.00. The summed E-state index contributed by atoms with van der Waals surface area (Å²) in [5.74, 6) is -13.0. The maximum absolute atomic E-state index is 15.1. The number of aromatic hydroxyl groups is 2. The summed E-state index contributed by atoms with van der Waals surface area (Å²) in [6, 6.07) is 13.3. The maximum Gasteiger partial charge on any atom is 0.326 e. The predicted molar refractivity (Wildman–Crippen MR) is 338 cm³/mol. The summed E-state index contributed by atoms with van der Waals surface area (Å²) in [5.41, 5.74) is 19.3. The first kappa shape index (κ1) is 73.8. The number of carbonyl (C=O) groups excluding carboxylic acids is 10. The molecule has 93 heavy (non-hydrogen) atoms. The van der Waals surface area contributed by atoms with Gasteiger partial charge in [0.25, 0.3) is 0 Å². The molecule has 1 fully saturated rings. The summed E-state index contributed by atoms with van der Waals surface area (Å²) >= 11 is 0. The number of carboxylic acid groups (broad SMARTS) is 2. The Morgan fingerprint density at radius 3 is 1.37 bits per heavy atom. The van der Waals surface area contributed by atoms with Gasteiger partial charge in [-0.05, 0) is 97.0 Å². The lowest BCUT2D eigenvalue weighted by atomic mass is 9.99. The molecule has 5 rings (SSSR count). The number of carboxylic acids is 2. The van der Waals surface area contributed by atoms with Crippen LogP contribution in [-0.2, 0) is 83.2 Å². The number of hydrogen-bond donors (Lipinski definition) is 15. The van der Waals surface area contributed by atoms with Gasteiger partial charge in [-0.25, -0.2) is 4.79 Å². The second-order valence-electron chi connectivity index (χ2n) is 23.7. The lowest BCUT2D eigenvalue weighted by Gasteiger charge is -2.31. The normalized spacial score (nSPS) is 15.7. The van der Waals surface area contributed by atoms with Crippen molar-refractivity contribution in [2.24, 2.45) is 29.0 Å². The highest BCUT2D eigenvalue weighted by Gasteiger charge is 2.41.